The Morgan fingerprint density at radius 2 is 1.19 bits per heavy atom. The van der Waals surface area contributed by atoms with Gasteiger partial charge < -0.3 is 10.3 Å². The molecule has 1 aliphatic heterocycles. The van der Waals surface area contributed by atoms with Crippen LogP contribution < -0.4 is 15.8 Å². The van der Waals surface area contributed by atoms with E-state index in [4.69, 9.17) is 0 Å². The van der Waals surface area contributed by atoms with Gasteiger partial charge in [-0.3, -0.25) is 4.90 Å². The first kappa shape index (κ1) is 24.0. The molecular weight excluding hydrogens is 454 g/mol. The highest BCUT2D eigenvalue weighted by Gasteiger charge is 2.26. The second-order valence-corrected chi connectivity index (χ2v) is 9.04. The van der Waals surface area contributed by atoms with E-state index in [-0.39, 0.29) is 17.7 Å². The Morgan fingerprint density at radius 1 is 0.639 bits per heavy atom. The fourth-order valence-electron chi connectivity index (χ4n) is 4.74. The lowest BCUT2D eigenvalue weighted by Crippen LogP contribution is -2.48. The van der Waals surface area contributed by atoms with Gasteiger partial charge in [0.1, 0.15) is 11.6 Å². The monoisotopic (exact) mass is 484 g/mol. The van der Waals surface area contributed by atoms with Gasteiger partial charge in [0.15, 0.2) is 0 Å². The van der Waals surface area contributed by atoms with Crippen LogP contribution in [0, 0.1) is 11.6 Å². The summed E-state index contributed by atoms with van der Waals surface area (Å²) in [5, 5.41) is 0. The Hall–Kier alpha value is -3.74. The van der Waals surface area contributed by atoms with Crippen molar-refractivity contribution in [2.24, 2.45) is 0 Å². The molecule has 2 N–H and O–H groups in total. The van der Waals surface area contributed by atoms with Crippen LogP contribution in [0.1, 0.15) is 22.7 Å². The molecule has 4 nitrogen and oxygen atoms in total. The molecule has 4 aromatic carbocycles. The molecule has 6 heteroatoms. The highest BCUT2D eigenvalue weighted by Crippen LogP contribution is 2.31. The Balaban J connectivity index is 1.21. The first-order chi connectivity index (χ1) is 17.7. The van der Waals surface area contributed by atoms with Crippen molar-refractivity contribution < 1.29 is 8.78 Å². The van der Waals surface area contributed by atoms with Crippen molar-refractivity contribution in [1.29, 1.82) is 0 Å². The second-order valence-electron chi connectivity index (χ2n) is 9.04. The lowest BCUT2D eigenvalue weighted by molar-refractivity contribution is 0.212. The van der Waals surface area contributed by atoms with E-state index in [0.717, 1.165) is 49.5 Å². The van der Waals surface area contributed by atoms with Crippen molar-refractivity contribution in [3.05, 3.63) is 131 Å². The molecule has 0 bridgehead atoms. The maximum Gasteiger partial charge on any atom is 0.123 e. The van der Waals surface area contributed by atoms with Crippen LogP contribution in [0.5, 0.6) is 0 Å². The summed E-state index contributed by atoms with van der Waals surface area (Å²) in [5.41, 5.74) is 11.9. The molecule has 4 aromatic rings. The highest BCUT2D eigenvalue weighted by atomic mass is 19.1. The minimum Gasteiger partial charge on any atom is -0.369 e. The molecule has 0 atom stereocenters. The molecule has 0 unspecified atom stereocenters. The minimum absolute atomic E-state index is 0.0427. The summed E-state index contributed by atoms with van der Waals surface area (Å²) in [7, 11) is 0. The number of para-hydroxylation sites is 1. The Morgan fingerprint density at radius 3 is 1.75 bits per heavy atom. The molecule has 1 aliphatic rings. The van der Waals surface area contributed by atoms with Crippen LogP contribution in [-0.4, -0.2) is 31.1 Å². The number of hydrazine groups is 1. The molecule has 5 rings (SSSR count). The molecular formula is C30H30F2N4. The summed E-state index contributed by atoms with van der Waals surface area (Å²) in [5.74, 6) is -0.508. The zero-order chi connectivity index (χ0) is 24.7. The number of nitrogens with zero attached hydrogens (tertiary/aromatic N) is 2. The number of hydrogen-bond acceptors (Lipinski definition) is 4. The first-order valence-electron chi connectivity index (χ1n) is 12.3. The SMILES string of the molecule is Fc1ccc(C(c2ccc(F)cc2)N2CCN(c3ccc(CNNc4ccccc4)cc3)CC2)cc1. The number of benzene rings is 4. The molecule has 184 valence electrons. The average Bonchev–Trinajstić information content (AvgIpc) is 2.92. The van der Waals surface area contributed by atoms with Crippen molar-refractivity contribution >= 4 is 11.4 Å². The van der Waals surface area contributed by atoms with Crippen LogP contribution in [0.25, 0.3) is 0 Å². The largest absolute Gasteiger partial charge is 0.369 e. The Kier molecular flexibility index (Phi) is 7.55. The van der Waals surface area contributed by atoms with Crippen LogP contribution in [0.3, 0.4) is 0 Å². The zero-order valence-electron chi connectivity index (χ0n) is 20.1. The van der Waals surface area contributed by atoms with Gasteiger partial charge in [-0.15, -0.1) is 0 Å². The lowest BCUT2D eigenvalue weighted by Gasteiger charge is -2.40. The van der Waals surface area contributed by atoms with Crippen molar-refractivity contribution in [1.82, 2.24) is 10.3 Å². The Bertz CT molecular complexity index is 1180. The number of rotatable bonds is 8. The van der Waals surface area contributed by atoms with Crippen molar-refractivity contribution in [2.75, 3.05) is 36.5 Å². The average molecular weight is 485 g/mol. The predicted octanol–water partition coefficient (Wildman–Crippen LogP) is 5.99. The molecule has 1 heterocycles. The topological polar surface area (TPSA) is 30.5 Å². The van der Waals surface area contributed by atoms with Crippen molar-refractivity contribution in [2.45, 2.75) is 12.6 Å². The van der Waals surface area contributed by atoms with Crippen LogP contribution in [0.4, 0.5) is 20.2 Å². The molecule has 0 saturated carbocycles. The molecule has 0 radical (unpaired) electrons. The lowest BCUT2D eigenvalue weighted by atomic mass is 9.96. The number of hydrogen-bond donors (Lipinski definition) is 2. The number of piperazine rings is 1. The van der Waals surface area contributed by atoms with E-state index >= 15 is 0 Å². The number of halogens is 2. The van der Waals surface area contributed by atoms with Gasteiger partial charge in [-0.2, -0.15) is 0 Å². The third-order valence-corrected chi connectivity index (χ3v) is 6.65. The number of nitrogens with one attached hydrogen (secondary N) is 2. The van der Waals surface area contributed by atoms with Crippen LogP contribution in [-0.2, 0) is 6.54 Å². The summed E-state index contributed by atoms with van der Waals surface area (Å²) in [4.78, 5) is 4.78. The maximum atomic E-state index is 13.6. The van der Waals surface area contributed by atoms with Gasteiger partial charge in [-0.25, -0.2) is 14.2 Å². The summed E-state index contributed by atoms with van der Waals surface area (Å²) in [6, 6.07) is 31.9. The van der Waals surface area contributed by atoms with E-state index in [1.807, 2.05) is 54.6 Å². The van der Waals surface area contributed by atoms with Gasteiger partial charge in [-0.1, -0.05) is 54.6 Å². The van der Waals surface area contributed by atoms with Crippen molar-refractivity contribution in [3.8, 4) is 0 Å². The molecule has 0 spiro atoms. The van der Waals surface area contributed by atoms with Crippen LogP contribution in [0.15, 0.2) is 103 Å². The fourth-order valence-corrected chi connectivity index (χ4v) is 4.74. The molecule has 0 aliphatic carbocycles. The Labute approximate surface area is 211 Å². The summed E-state index contributed by atoms with van der Waals surface area (Å²) >= 11 is 0. The molecule has 36 heavy (non-hydrogen) atoms. The second kappa shape index (κ2) is 11.3. The van der Waals surface area contributed by atoms with Gasteiger partial charge >= 0.3 is 0 Å². The van der Waals surface area contributed by atoms with E-state index in [2.05, 4.69) is 44.9 Å². The van der Waals surface area contributed by atoms with E-state index in [1.54, 1.807) is 0 Å². The van der Waals surface area contributed by atoms with Crippen LogP contribution >= 0.6 is 0 Å². The standard InChI is InChI=1S/C30H30F2N4/c31-26-12-8-24(9-13-26)30(25-10-14-27(32)15-11-25)36-20-18-35(19-21-36)29-16-6-23(7-17-29)22-33-34-28-4-2-1-3-5-28/h1-17,30,33-34H,18-22H2. The molecule has 1 fully saturated rings. The third kappa shape index (κ3) is 5.90. The first-order valence-corrected chi connectivity index (χ1v) is 12.3. The molecule has 1 saturated heterocycles. The predicted molar refractivity (Wildman–Crippen MR) is 142 cm³/mol. The van der Waals surface area contributed by atoms with E-state index in [1.165, 1.54) is 35.5 Å². The third-order valence-electron chi connectivity index (χ3n) is 6.65. The summed E-state index contributed by atoms with van der Waals surface area (Å²) in [6.45, 7) is 4.19. The maximum absolute atomic E-state index is 13.6. The van der Waals surface area contributed by atoms with Gasteiger partial charge in [0.25, 0.3) is 0 Å². The molecule has 0 aromatic heterocycles. The smallest absolute Gasteiger partial charge is 0.123 e. The molecule has 0 amide bonds. The van der Waals surface area contributed by atoms with Gasteiger partial charge in [0.05, 0.1) is 6.04 Å². The fraction of sp³-hybridized carbons (Fsp3) is 0.200. The quantitative estimate of drug-likeness (QED) is 0.301. The van der Waals surface area contributed by atoms with E-state index < -0.39 is 0 Å². The van der Waals surface area contributed by atoms with E-state index in [9.17, 15) is 8.78 Å². The van der Waals surface area contributed by atoms with Crippen molar-refractivity contribution in [3.63, 3.8) is 0 Å². The van der Waals surface area contributed by atoms with Gasteiger partial charge in [0.2, 0.25) is 0 Å². The zero-order valence-corrected chi connectivity index (χ0v) is 20.1. The van der Waals surface area contributed by atoms with Gasteiger partial charge in [-0.05, 0) is 65.2 Å². The van der Waals surface area contributed by atoms with Crippen LogP contribution in [0.2, 0.25) is 0 Å². The van der Waals surface area contributed by atoms with E-state index in [0.29, 0.717) is 0 Å². The minimum atomic E-state index is -0.254. The normalized spacial score (nSPS) is 14.2. The summed E-state index contributed by atoms with van der Waals surface area (Å²) in [6.07, 6.45) is 0. The summed E-state index contributed by atoms with van der Waals surface area (Å²) < 4.78 is 27.2. The van der Waals surface area contributed by atoms with Gasteiger partial charge in [0, 0.05) is 44.1 Å². The number of anilines is 2. The highest BCUT2D eigenvalue weighted by molar-refractivity contribution is 5.48.